The average molecular weight is 336 g/mol. The number of rotatable bonds is 2. The molecular formula is C15H18ClN5O2. The first-order chi connectivity index (χ1) is 11.1. The highest BCUT2D eigenvalue weighted by molar-refractivity contribution is 6.39. The van der Waals surface area contributed by atoms with E-state index >= 15 is 0 Å². The van der Waals surface area contributed by atoms with E-state index in [-0.39, 0.29) is 11.8 Å². The number of hydrogen-bond acceptors (Lipinski definition) is 5. The number of nitrogens with zero attached hydrogens (tertiary/aromatic N) is 5. The first-order valence-corrected chi connectivity index (χ1v) is 7.93. The van der Waals surface area contributed by atoms with Crippen LogP contribution in [0.5, 0.6) is 0 Å². The van der Waals surface area contributed by atoms with Crippen LogP contribution < -0.4 is 4.90 Å². The van der Waals surface area contributed by atoms with Gasteiger partial charge in [0.15, 0.2) is 0 Å². The molecule has 0 radical (unpaired) electrons. The number of carbonyl (C=O) groups excluding carboxylic acids is 2. The molecule has 0 atom stereocenters. The van der Waals surface area contributed by atoms with Crippen molar-refractivity contribution in [1.29, 1.82) is 0 Å². The second-order valence-corrected chi connectivity index (χ2v) is 5.96. The van der Waals surface area contributed by atoms with Gasteiger partial charge in [-0.2, -0.15) is 5.10 Å². The highest BCUT2D eigenvalue weighted by Crippen LogP contribution is 2.23. The first-order valence-electron chi connectivity index (χ1n) is 7.55. The molecule has 2 aliphatic rings. The van der Waals surface area contributed by atoms with Gasteiger partial charge in [0.2, 0.25) is 5.91 Å². The lowest BCUT2D eigenvalue weighted by atomic mass is 10.1. The monoisotopic (exact) mass is 335 g/mol. The van der Waals surface area contributed by atoms with Crippen molar-refractivity contribution in [3.63, 3.8) is 0 Å². The third-order valence-corrected chi connectivity index (χ3v) is 4.35. The maximum Gasteiger partial charge on any atom is 0.270 e. The third-order valence-electron chi connectivity index (χ3n) is 4.06. The normalized spacial score (nSPS) is 19.0. The van der Waals surface area contributed by atoms with E-state index in [1.54, 1.807) is 24.2 Å². The molecule has 0 saturated carbocycles. The predicted octanol–water partition coefficient (Wildman–Crippen LogP) is 0.992. The average Bonchev–Trinajstić information content (AvgIpc) is 2.57. The van der Waals surface area contributed by atoms with Crippen molar-refractivity contribution < 1.29 is 9.59 Å². The minimum atomic E-state index is -0.0869. The molecule has 2 aliphatic heterocycles. The van der Waals surface area contributed by atoms with Crippen LogP contribution >= 0.6 is 11.6 Å². The smallest absolute Gasteiger partial charge is 0.270 e. The maximum atomic E-state index is 12.5. The van der Waals surface area contributed by atoms with Gasteiger partial charge in [0.1, 0.15) is 11.5 Å². The van der Waals surface area contributed by atoms with Crippen molar-refractivity contribution in [3.8, 4) is 0 Å². The number of halogens is 1. The predicted molar refractivity (Wildman–Crippen MR) is 87.5 cm³/mol. The standard InChI is InChI=1S/C15H18ClN5O2/c1-19-13(22)5-4-12(18-19)15(23)21-9-7-20(8-10-21)14-11(16)3-2-6-17-14/h2-3,6H,4-5,7-10H2,1H3. The molecule has 0 spiro atoms. The van der Waals surface area contributed by atoms with Crippen LogP contribution in [0.15, 0.2) is 23.4 Å². The van der Waals surface area contributed by atoms with E-state index in [1.807, 2.05) is 6.07 Å². The highest BCUT2D eigenvalue weighted by Gasteiger charge is 2.28. The Morgan fingerprint density at radius 3 is 2.61 bits per heavy atom. The van der Waals surface area contributed by atoms with Crippen LogP contribution in [0.3, 0.4) is 0 Å². The van der Waals surface area contributed by atoms with E-state index < -0.39 is 0 Å². The summed E-state index contributed by atoms with van der Waals surface area (Å²) in [5, 5.41) is 5.96. The lowest BCUT2D eigenvalue weighted by molar-refractivity contribution is -0.130. The van der Waals surface area contributed by atoms with Gasteiger partial charge in [-0.15, -0.1) is 0 Å². The molecular weight excluding hydrogens is 318 g/mol. The maximum absolute atomic E-state index is 12.5. The quantitative estimate of drug-likeness (QED) is 0.808. The summed E-state index contributed by atoms with van der Waals surface area (Å²) in [6.45, 7) is 2.51. The molecule has 7 nitrogen and oxygen atoms in total. The molecule has 1 saturated heterocycles. The lowest BCUT2D eigenvalue weighted by Gasteiger charge is -2.36. The molecule has 1 fully saturated rings. The molecule has 0 aromatic carbocycles. The number of carbonyl (C=O) groups is 2. The summed E-state index contributed by atoms with van der Waals surface area (Å²) in [5.41, 5.74) is 0.455. The zero-order chi connectivity index (χ0) is 16.4. The summed E-state index contributed by atoms with van der Waals surface area (Å²) in [6, 6.07) is 3.61. The van der Waals surface area contributed by atoms with Gasteiger partial charge in [-0.05, 0) is 12.1 Å². The summed E-state index contributed by atoms with van der Waals surface area (Å²) in [6.07, 6.45) is 2.46. The molecule has 122 valence electrons. The molecule has 0 N–H and O–H groups in total. The van der Waals surface area contributed by atoms with Crippen LogP contribution in [0, 0.1) is 0 Å². The van der Waals surface area contributed by atoms with Crippen molar-refractivity contribution in [2.24, 2.45) is 5.10 Å². The Labute approximate surface area is 139 Å². The van der Waals surface area contributed by atoms with E-state index in [1.165, 1.54) is 5.01 Å². The second kappa shape index (κ2) is 6.54. The number of pyridine rings is 1. The van der Waals surface area contributed by atoms with Crippen molar-refractivity contribution >= 4 is 34.9 Å². The molecule has 1 aromatic heterocycles. The minimum Gasteiger partial charge on any atom is -0.352 e. The van der Waals surface area contributed by atoms with Crippen LogP contribution in [0.25, 0.3) is 0 Å². The van der Waals surface area contributed by atoms with E-state index in [0.29, 0.717) is 49.8 Å². The van der Waals surface area contributed by atoms with E-state index in [2.05, 4.69) is 15.0 Å². The van der Waals surface area contributed by atoms with Gasteiger partial charge in [-0.1, -0.05) is 11.6 Å². The van der Waals surface area contributed by atoms with Gasteiger partial charge in [0.25, 0.3) is 5.91 Å². The molecule has 0 unspecified atom stereocenters. The van der Waals surface area contributed by atoms with E-state index in [0.717, 1.165) is 5.82 Å². The van der Waals surface area contributed by atoms with Gasteiger partial charge in [0, 0.05) is 52.3 Å². The molecule has 1 aromatic rings. The molecule has 23 heavy (non-hydrogen) atoms. The molecule has 0 bridgehead atoms. The zero-order valence-corrected chi connectivity index (χ0v) is 13.7. The fourth-order valence-corrected chi connectivity index (χ4v) is 2.98. The largest absolute Gasteiger partial charge is 0.352 e. The number of hydrogen-bond donors (Lipinski definition) is 0. The van der Waals surface area contributed by atoms with Crippen molar-refractivity contribution in [1.82, 2.24) is 14.9 Å². The van der Waals surface area contributed by atoms with Crippen molar-refractivity contribution in [2.45, 2.75) is 12.8 Å². The lowest BCUT2D eigenvalue weighted by Crippen LogP contribution is -2.51. The number of amides is 2. The van der Waals surface area contributed by atoms with Gasteiger partial charge in [0.05, 0.1) is 5.02 Å². The van der Waals surface area contributed by atoms with Gasteiger partial charge < -0.3 is 9.80 Å². The Bertz CT molecular complexity index is 655. The third kappa shape index (κ3) is 3.29. The number of aromatic nitrogens is 1. The zero-order valence-electron chi connectivity index (χ0n) is 12.9. The number of anilines is 1. The summed E-state index contributed by atoms with van der Waals surface area (Å²) in [7, 11) is 1.58. The van der Waals surface area contributed by atoms with Gasteiger partial charge in [-0.3, -0.25) is 9.59 Å². The van der Waals surface area contributed by atoms with Crippen molar-refractivity contribution in [2.75, 3.05) is 38.1 Å². The van der Waals surface area contributed by atoms with Gasteiger partial charge in [-0.25, -0.2) is 9.99 Å². The van der Waals surface area contributed by atoms with E-state index in [4.69, 9.17) is 11.6 Å². The summed E-state index contributed by atoms with van der Waals surface area (Å²) in [4.78, 5) is 32.1. The fourth-order valence-electron chi connectivity index (χ4n) is 2.74. The van der Waals surface area contributed by atoms with Crippen molar-refractivity contribution in [3.05, 3.63) is 23.4 Å². The van der Waals surface area contributed by atoms with Crippen LogP contribution in [-0.2, 0) is 9.59 Å². The Hall–Kier alpha value is -2.15. The van der Waals surface area contributed by atoms with Crippen LogP contribution in [-0.4, -0.2) is 65.6 Å². The summed E-state index contributed by atoms with van der Waals surface area (Å²) >= 11 is 6.17. The minimum absolute atomic E-state index is 0.0591. The fraction of sp³-hybridized carbons (Fsp3) is 0.467. The Kier molecular flexibility index (Phi) is 4.47. The number of piperazine rings is 1. The van der Waals surface area contributed by atoms with E-state index in [9.17, 15) is 9.59 Å². The Balaban J connectivity index is 1.63. The summed E-state index contributed by atoms with van der Waals surface area (Å²) < 4.78 is 0. The van der Waals surface area contributed by atoms with Gasteiger partial charge >= 0.3 is 0 Å². The molecule has 2 amide bonds. The highest BCUT2D eigenvalue weighted by atomic mass is 35.5. The van der Waals surface area contributed by atoms with Crippen LogP contribution in [0.4, 0.5) is 5.82 Å². The molecule has 0 aliphatic carbocycles. The van der Waals surface area contributed by atoms with Crippen LogP contribution in [0.2, 0.25) is 5.02 Å². The Morgan fingerprint density at radius 2 is 1.96 bits per heavy atom. The molecule has 3 heterocycles. The summed E-state index contributed by atoms with van der Waals surface area (Å²) in [5.74, 6) is 0.605. The molecule has 8 heteroatoms. The molecule has 3 rings (SSSR count). The Morgan fingerprint density at radius 1 is 1.22 bits per heavy atom. The van der Waals surface area contributed by atoms with Crippen LogP contribution in [0.1, 0.15) is 12.8 Å². The number of hydrazone groups is 1. The second-order valence-electron chi connectivity index (χ2n) is 5.55. The topological polar surface area (TPSA) is 69.1 Å². The SMILES string of the molecule is CN1N=C(C(=O)N2CCN(c3ncccc3Cl)CC2)CCC1=O. The first kappa shape index (κ1) is 15.7.